The minimum Gasteiger partial charge on any atom is -0.396 e. The van der Waals surface area contributed by atoms with Gasteiger partial charge in [0.15, 0.2) is 0 Å². The van der Waals surface area contributed by atoms with Crippen molar-refractivity contribution < 1.29 is 20.4 Å². The molecule has 0 radical (unpaired) electrons. The maximum atomic E-state index is 9.72. The van der Waals surface area contributed by atoms with Gasteiger partial charge in [-0.2, -0.15) is 0 Å². The van der Waals surface area contributed by atoms with Crippen LogP contribution in [0.2, 0.25) is 0 Å². The normalized spacial score (nSPS) is 19.2. The van der Waals surface area contributed by atoms with Crippen molar-refractivity contribution in [2.45, 2.75) is 51.4 Å². The van der Waals surface area contributed by atoms with Crippen molar-refractivity contribution in [3.63, 3.8) is 0 Å². The van der Waals surface area contributed by atoms with Gasteiger partial charge in [0.25, 0.3) is 0 Å². The number of hydrogen-bond donors (Lipinski definition) is 4. The highest BCUT2D eigenvalue weighted by atomic mass is 16.4. The van der Waals surface area contributed by atoms with Crippen molar-refractivity contribution in [1.82, 2.24) is 0 Å². The van der Waals surface area contributed by atoms with Crippen molar-refractivity contribution >= 4 is 6.21 Å². The van der Waals surface area contributed by atoms with E-state index in [4.69, 9.17) is 5.11 Å². The van der Waals surface area contributed by atoms with Gasteiger partial charge in [-0.05, 0) is 12.8 Å². The Labute approximate surface area is 103 Å². The molecule has 0 unspecified atom stereocenters. The lowest BCUT2D eigenvalue weighted by Crippen LogP contribution is -2.43. The van der Waals surface area contributed by atoms with E-state index in [0.717, 1.165) is 12.8 Å². The molecule has 0 heterocycles. The van der Waals surface area contributed by atoms with Crippen LogP contribution in [0.25, 0.3) is 0 Å². The van der Waals surface area contributed by atoms with Gasteiger partial charge in [0.2, 0.25) is 0 Å². The van der Waals surface area contributed by atoms with Crippen LogP contribution in [0, 0.1) is 5.92 Å². The number of aliphatic hydroxyl groups is 4. The molecule has 17 heavy (non-hydrogen) atoms. The molecule has 0 aliphatic heterocycles. The molecule has 4 atom stereocenters. The molecular formula is C12H25NO4. The molecule has 0 bridgehead atoms. The number of nitrogens with zero attached hydrogens (tertiary/aromatic N) is 1. The van der Waals surface area contributed by atoms with Crippen LogP contribution in [0.1, 0.15) is 33.1 Å². The maximum Gasteiger partial charge on any atom is 0.117 e. The first-order valence-electron chi connectivity index (χ1n) is 6.23. The predicted molar refractivity (Wildman–Crippen MR) is 67.2 cm³/mol. The molecule has 0 aliphatic rings. The lowest BCUT2D eigenvalue weighted by atomic mass is 9.93. The first kappa shape index (κ1) is 16.5. The van der Waals surface area contributed by atoms with Crippen LogP contribution in [0.3, 0.4) is 0 Å². The minimum atomic E-state index is -1.31. The lowest BCUT2D eigenvalue weighted by molar-refractivity contribution is -0.0690. The van der Waals surface area contributed by atoms with Crippen molar-refractivity contribution in [1.29, 1.82) is 0 Å². The van der Waals surface area contributed by atoms with Crippen LogP contribution < -0.4 is 0 Å². The van der Waals surface area contributed by atoms with Gasteiger partial charge in [0.05, 0.1) is 6.10 Å². The number of hydrogen-bond acceptors (Lipinski definition) is 5. The zero-order valence-electron chi connectivity index (χ0n) is 10.7. The van der Waals surface area contributed by atoms with Gasteiger partial charge >= 0.3 is 0 Å². The summed E-state index contributed by atoms with van der Waals surface area (Å²) in [6, 6.07) is 0. The Bertz CT molecular complexity index is 207. The molecular weight excluding hydrogens is 222 g/mol. The topological polar surface area (TPSA) is 93.3 Å². The lowest BCUT2D eigenvalue weighted by Gasteiger charge is -2.26. The fourth-order valence-corrected chi connectivity index (χ4v) is 1.48. The van der Waals surface area contributed by atoms with E-state index in [0.29, 0.717) is 13.0 Å². The van der Waals surface area contributed by atoms with E-state index in [2.05, 4.69) is 4.99 Å². The molecule has 0 saturated heterocycles. The van der Waals surface area contributed by atoms with Crippen LogP contribution in [-0.2, 0) is 0 Å². The smallest absolute Gasteiger partial charge is 0.117 e. The second kappa shape index (κ2) is 9.53. The third-order valence-corrected chi connectivity index (χ3v) is 2.84. The Hall–Kier alpha value is -0.490. The minimum absolute atomic E-state index is 0.214. The first-order chi connectivity index (χ1) is 8.08. The average molecular weight is 247 g/mol. The molecule has 0 aromatic rings. The molecule has 4 N–H and O–H groups in total. The van der Waals surface area contributed by atoms with Gasteiger partial charge in [-0.3, -0.25) is 4.99 Å². The Balaban J connectivity index is 4.18. The van der Waals surface area contributed by atoms with Gasteiger partial charge < -0.3 is 20.4 Å². The van der Waals surface area contributed by atoms with Crippen molar-refractivity contribution in [2.24, 2.45) is 10.9 Å². The first-order valence-corrected chi connectivity index (χ1v) is 6.23. The predicted octanol–water partition coefficient (Wildman–Crippen LogP) is -0.0415. The van der Waals surface area contributed by atoms with Crippen LogP contribution in [0.4, 0.5) is 0 Å². The zero-order valence-corrected chi connectivity index (χ0v) is 10.7. The molecule has 0 rings (SSSR count). The quantitative estimate of drug-likeness (QED) is 0.340. The number of rotatable bonds is 9. The van der Waals surface area contributed by atoms with E-state index < -0.39 is 24.2 Å². The number of unbranched alkanes of at least 4 members (excludes halogenated alkanes) is 1. The van der Waals surface area contributed by atoms with Crippen LogP contribution >= 0.6 is 0 Å². The van der Waals surface area contributed by atoms with E-state index >= 15 is 0 Å². The molecule has 0 saturated carbocycles. The molecule has 5 heteroatoms. The Kier molecular flexibility index (Phi) is 9.26. The summed E-state index contributed by atoms with van der Waals surface area (Å²) in [5.41, 5.74) is 0. The van der Waals surface area contributed by atoms with Gasteiger partial charge in [0.1, 0.15) is 12.2 Å². The van der Waals surface area contributed by atoms with Gasteiger partial charge in [-0.1, -0.05) is 20.3 Å². The van der Waals surface area contributed by atoms with Gasteiger partial charge in [-0.25, -0.2) is 0 Å². The fourth-order valence-electron chi connectivity index (χ4n) is 1.48. The van der Waals surface area contributed by atoms with Crippen molar-refractivity contribution in [3.8, 4) is 0 Å². The molecule has 0 fully saturated rings. The average Bonchev–Trinajstić information content (AvgIpc) is 2.34. The molecule has 0 aromatic heterocycles. The molecule has 102 valence electrons. The summed E-state index contributed by atoms with van der Waals surface area (Å²) in [4.78, 5) is 3.97. The SMILES string of the molecule is CCCCN=C[C@H](O)[C@@H](O)[C@H](O)[C@H](CC)CO. The van der Waals surface area contributed by atoms with E-state index in [-0.39, 0.29) is 6.61 Å². The van der Waals surface area contributed by atoms with Crippen LogP contribution in [0.5, 0.6) is 0 Å². The highest BCUT2D eigenvalue weighted by molar-refractivity contribution is 5.63. The Morgan fingerprint density at radius 1 is 1.12 bits per heavy atom. The standard InChI is InChI=1S/C12H25NO4/c1-3-5-6-13-7-10(15)12(17)11(16)9(4-2)8-14/h7,9-12,14-17H,3-6,8H2,1-2H3/t9-,10+,11-,12-/m1/s1. The second-order valence-electron chi connectivity index (χ2n) is 4.23. The second-order valence-corrected chi connectivity index (χ2v) is 4.23. The van der Waals surface area contributed by atoms with Crippen LogP contribution in [-0.4, -0.2) is 58.1 Å². The van der Waals surface area contributed by atoms with Gasteiger partial charge in [0, 0.05) is 25.3 Å². The third kappa shape index (κ3) is 6.12. The molecule has 0 aliphatic carbocycles. The van der Waals surface area contributed by atoms with E-state index in [9.17, 15) is 15.3 Å². The zero-order chi connectivity index (χ0) is 13.3. The van der Waals surface area contributed by atoms with E-state index in [1.807, 2.05) is 6.92 Å². The Morgan fingerprint density at radius 2 is 1.76 bits per heavy atom. The Morgan fingerprint density at radius 3 is 2.24 bits per heavy atom. The van der Waals surface area contributed by atoms with Crippen molar-refractivity contribution in [3.05, 3.63) is 0 Å². The molecule has 0 amide bonds. The van der Waals surface area contributed by atoms with Gasteiger partial charge in [-0.15, -0.1) is 0 Å². The van der Waals surface area contributed by atoms with E-state index in [1.54, 1.807) is 6.92 Å². The number of aliphatic hydroxyl groups excluding tert-OH is 4. The largest absolute Gasteiger partial charge is 0.396 e. The summed E-state index contributed by atoms with van der Waals surface area (Å²) in [6.45, 7) is 4.23. The van der Waals surface area contributed by atoms with Crippen molar-refractivity contribution in [2.75, 3.05) is 13.2 Å². The molecule has 0 spiro atoms. The highest BCUT2D eigenvalue weighted by Crippen LogP contribution is 2.13. The monoisotopic (exact) mass is 247 g/mol. The maximum absolute atomic E-state index is 9.72. The summed E-state index contributed by atoms with van der Waals surface area (Å²) in [5, 5.41) is 38.0. The number of aliphatic imine (C=N–C) groups is 1. The summed E-state index contributed by atoms with van der Waals surface area (Å²) < 4.78 is 0. The fraction of sp³-hybridized carbons (Fsp3) is 0.917. The highest BCUT2D eigenvalue weighted by Gasteiger charge is 2.29. The van der Waals surface area contributed by atoms with Crippen LogP contribution in [0.15, 0.2) is 4.99 Å². The molecule has 0 aromatic carbocycles. The third-order valence-electron chi connectivity index (χ3n) is 2.84. The summed E-state index contributed by atoms with van der Waals surface area (Å²) >= 11 is 0. The molecule has 5 nitrogen and oxygen atoms in total. The summed E-state index contributed by atoms with van der Waals surface area (Å²) in [6.07, 6.45) is 0.0942. The summed E-state index contributed by atoms with van der Waals surface area (Å²) in [5.74, 6) is -0.427. The summed E-state index contributed by atoms with van der Waals surface area (Å²) in [7, 11) is 0. The van der Waals surface area contributed by atoms with E-state index in [1.165, 1.54) is 6.21 Å².